The molecule has 1 aliphatic carbocycles. The van der Waals surface area contributed by atoms with Gasteiger partial charge in [-0.05, 0) is 54.3 Å². The van der Waals surface area contributed by atoms with Crippen LogP contribution in [0.3, 0.4) is 0 Å². The fraction of sp³-hybridized carbons (Fsp3) is 0.0952. The number of carboxylic acid groups (broad SMARTS) is 1. The summed E-state index contributed by atoms with van der Waals surface area (Å²) in [6, 6.07) is 11.8. The number of allylic oxidation sites excluding steroid dienone is 1. The van der Waals surface area contributed by atoms with Crippen LogP contribution in [0.4, 0.5) is 5.69 Å². The number of halogens is 1. The van der Waals surface area contributed by atoms with Gasteiger partial charge >= 0.3 is 11.9 Å². The van der Waals surface area contributed by atoms with Gasteiger partial charge in [0.2, 0.25) is 0 Å². The number of hydrogen-bond donors (Lipinski definition) is 2. The van der Waals surface area contributed by atoms with Crippen molar-refractivity contribution in [3.63, 3.8) is 0 Å². The second-order valence-corrected chi connectivity index (χ2v) is 6.87. The van der Waals surface area contributed by atoms with E-state index >= 15 is 0 Å². The third kappa shape index (κ3) is 3.30. The maximum absolute atomic E-state index is 12.8. The SMILES string of the molecule is O=C(O)C(=O)Nc1ccc2c(=O)c3c(oc2c1)/C(=C/c1cccc(Cl)c1)CC3. The topological polar surface area (TPSA) is 96.6 Å². The van der Waals surface area contributed by atoms with E-state index in [4.69, 9.17) is 21.1 Å². The zero-order valence-corrected chi connectivity index (χ0v) is 15.2. The summed E-state index contributed by atoms with van der Waals surface area (Å²) in [6.45, 7) is 0. The van der Waals surface area contributed by atoms with Gasteiger partial charge in [-0.3, -0.25) is 9.59 Å². The van der Waals surface area contributed by atoms with Crippen LogP contribution in [0, 0.1) is 0 Å². The van der Waals surface area contributed by atoms with E-state index in [1.807, 2.05) is 24.3 Å². The predicted octanol–water partition coefficient (Wildman–Crippen LogP) is 3.96. The lowest BCUT2D eigenvalue weighted by Crippen LogP contribution is -2.21. The smallest absolute Gasteiger partial charge is 0.394 e. The van der Waals surface area contributed by atoms with E-state index in [1.54, 1.807) is 6.07 Å². The van der Waals surface area contributed by atoms with Crippen LogP contribution in [0.5, 0.6) is 0 Å². The average molecular weight is 396 g/mol. The van der Waals surface area contributed by atoms with E-state index in [-0.39, 0.29) is 16.7 Å². The molecule has 0 saturated heterocycles. The minimum absolute atomic E-state index is 0.123. The Kier molecular flexibility index (Phi) is 4.49. The van der Waals surface area contributed by atoms with Crippen LogP contribution < -0.4 is 10.7 Å². The third-order valence-corrected chi connectivity index (χ3v) is 4.80. The summed E-state index contributed by atoms with van der Waals surface area (Å²) in [5.74, 6) is -2.24. The number of hydrogen-bond acceptors (Lipinski definition) is 4. The van der Waals surface area contributed by atoms with E-state index in [9.17, 15) is 14.4 Å². The first-order valence-electron chi connectivity index (χ1n) is 8.53. The van der Waals surface area contributed by atoms with Crippen LogP contribution in [0.2, 0.25) is 5.02 Å². The second-order valence-electron chi connectivity index (χ2n) is 6.43. The van der Waals surface area contributed by atoms with Crippen molar-refractivity contribution in [3.05, 3.63) is 74.6 Å². The molecule has 6 nitrogen and oxygen atoms in total. The van der Waals surface area contributed by atoms with Gasteiger partial charge in [-0.15, -0.1) is 0 Å². The van der Waals surface area contributed by atoms with Gasteiger partial charge in [0.25, 0.3) is 0 Å². The molecule has 0 bridgehead atoms. The summed E-state index contributed by atoms with van der Waals surface area (Å²) in [5.41, 5.74) is 2.80. The minimum Gasteiger partial charge on any atom is -0.474 e. The number of aliphatic carboxylic acids is 1. The van der Waals surface area contributed by atoms with Crippen LogP contribution >= 0.6 is 11.6 Å². The number of carboxylic acids is 1. The van der Waals surface area contributed by atoms with E-state index in [2.05, 4.69) is 5.32 Å². The van der Waals surface area contributed by atoms with Gasteiger partial charge < -0.3 is 14.8 Å². The molecule has 7 heteroatoms. The Labute approximate surface area is 164 Å². The van der Waals surface area contributed by atoms with E-state index in [0.29, 0.717) is 34.6 Å². The van der Waals surface area contributed by atoms with E-state index < -0.39 is 11.9 Å². The minimum atomic E-state index is -1.60. The molecule has 1 amide bonds. The Bertz CT molecular complexity index is 1230. The van der Waals surface area contributed by atoms with Crippen molar-refractivity contribution in [2.75, 3.05) is 5.32 Å². The van der Waals surface area contributed by atoms with Crippen molar-refractivity contribution in [2.45, 2.75) is 12.8 Å². The van der Waals surface area contributed by atoms with Crippen LogP contribution in [-0.4, -0.2) is 17.0 Å². The van der Waals surface area contributed by atoms with E-state index in [0.717, 1.165) is 11.1 Å². The van der Waals surface area contributed by atoms with Crippen LogP contribution in [0.1, 0.15) is 23.3 Å². The Hall–Kier alpha value is -3.38. The molecule has 28 heavy (non-hydrogen) atoms. The van der Waals surface area contributed by atoms with Crippen molar-refractivity contribution in [3.8, 4) is 0 Å². The third-order valence-electron chi connectivity index (χ3n) is 4.56. The number of fused-ring (bicyclic) bond motifs is 2. The van der Waals surface area contributed by atoms with Gasteiger partial charge in [-0.2, -0.15) is 0 Å². The maximum Gasteiger partial charge on any atom is 0.394 e. The standard InChI is InChI=1S/C21H14ClNO5/c22-13-3-1-2-11(9-13)8-12-4-6-16-18(24)15-7-5-14(23-20(25)21(26)27)10-17(15)28-19(12)16/h1-3,5,7-10H,4,6H2,(H,23,25)(H,26,27)/b12-8+. The number of nitrogens with one attached hydrogen (secondary N) is 1. The summed E-state index contributed by atoms with van der Waals surface area (Å²) >= 11 is 6.04. The van der Waals surface area contributed by atoms with Crippen molar-refractivity contribution in [1.82, 2.24) is 0 Å². The molecular formula is C21H14ClNO5. The molecule has 2 aromatic carbocycles. The average Bonchev–Trinajstić information content (AvgIpc) is 3.04. The summed E-state index contributed by atoms with van der Waals surface area (Å²) in [5, 5.41) is 12.0. The highest BCUT2D eigenvalue weighted by Gasteiger charge is 2.24. The summed E-state index contributed by atoms with van der Waals surface area (Å²) in [6.07, 6.45) is 3.18. The predicted molar refractivity (Wildman–Crippen MR) is 106 cm³/mol. The quantitative estimate of drug-likeness (QED) is 0.640. The molecule has 0 spiro atoms. The van der Waals surface area contributed by atoms with Crippen LogP contribution in [-0.2, 0) is 16.0 Å². The normalized spacial score (nSPS) is 14.2. The highest BCUT2D eigenvalue weighted by atomic mass is 35.5. The molecule has 0 saturated carbocycles. The molecule has 4 rings (SSSR count). The largest absolute Gasteiger partial charge is 0.474 e. The lowest BCUT2D eigenvalue weighted by Gasteiger charge is -2.07. The Morgan fingerprint density at radius 2 is 1.96 bits per heavy atom. The van der Waals surface area contributed by atoms with Gasteiger partial charge in [0.05, 0.1) is 5.39 Å². The van der Waals surface area contributed by atoms with Crippen molar-refractivity contribution >= 4 is 51.8 Å². The lowest BCUT2D eigenvalue weighted by atomic mass is 10.1. The molecule has 2 N–H and O–H groups in total. The molecule has 0 fully saturated rings. The molecule has 0 unspecified atom stereocenters. The molecule has 1 heterocycles. The van der Waals surface area contributed by atoms with Crippen molar-refractivity contribution in [2.24, 2.45) is 0 Å². The fourth-order valence-electron chi connectivity index (χ4n) is 3.29. The first-order chi connectivity index (χ1) is 13.4. The number of benzene rings is 2. The summed E-state index contributed by atoms with van der Waals surface area (Å²) < 4.78 is 5.98. The molecular weight excluding hydrogens is 382 g/mol. The number of rotatable bonds is 2. The highest BCUT2D eigenvalue weighted by molar-refractivity contribution is 6.36. The number of anilines is 1. The highest BCUT2D eigenvalue weighted by Crippen LogP contribution is 2.34. The van der Waals surface area contributed by atoms with Gasteiger partial charge in [0, 0.05) is 22.3 Å². The molecule has 140 valence electrons. The molecule has 0 atom stereocenters. The molecule has 3 aromatic rings. The second kappa shape index (κ2) is 6.98. The molecule has 0 aliphatic heterocycles. The monoisotopic (exact) mass is 395 g/mol. The lowest BCUT2D eigenvalue weighted by molar-refractivity contribution is -0.147. The van der Waals surface area contributed by atoms with Crippen molar-refractivity contribution < 1.29 is 19.1 Å². The molecule has 1 aromatic heterocycles. The van der Waals surface area contributed by atoms with Gasteiger partial charge in [-0.25, -0.2) is 4.79 Å². The first-order valence-corrected chi connectivity index (χ1v) is 8.91. The number of carbonyl (C=O) groups excluding carboxylic acids is 1. The fourth-order valence-corrected chi connectivity index (χ4v) is 3.49. The molecule has 0 radical (unpaired) electrons. The van der Waals surface area contributed by atoms with Crippen LogP contribution in [0.25, 0.3) is 22.6 Å². The Morgan fingerprint density at radius 1 is 1.14 bits per heavy atom. The van der Waals surface area contributed by atoms with E-state index in [1.165, 1.54) is 18.2 Å². The number of amides is 1. The maximum atomic E-state index is 12.8. The summed E-state index contributed by atoms with van der Waals surface area (Å²) in [4.78, 5) is 34.9. The van der Waals surface area contributed by atoms with Gasteiger partial charge in [-0.1, -0.05) is 23.7 Å². The van der Waals surface area contributed by atoms with Gasteiger partial charge in [0.1, 0.15) is 11.3 Å². The zero-order valence-electron chi connectivity index (χ0n) is 14.5. The number of carbonyl (C=O) groups is 2. The summed E-state index contributed by atoms with van der Waals surface area (Å²) in [7, 11) is 0. The van der Waals surface area contributed by atoms with Gasteiger partial charge in [0.15, 0.2) is 5.43 Å². The van der Waals surface area contributed by atoms with Crippen LogP contribution in [0.15, 0.2) is 51.7 Å². The Morgan fingerprint density at radius 3 is 2.71 bits per heavy atom. The van der Waals surface area contributed by atoms with Crippen molar-refractivity contribution in [1.29, 1.82) is 0 Å². The molecule has 1 aliphatic rings. The Balaban J connectivity index is 1.80. The first kappa shape index (κ1) is 18.0. The zero-order chi connectivity index (χ0) is 19.8.